The first-order chi connectivity index (χ1) is 9.60. The highest BCUT2D eigenvalue weighted by Gasteiger charge is 2.17. The van der Waals surface area contributed by atoms with Gasteiger partial charge in [-0.1, -0.05) is 19.1 Å². The Morgan fingerprint density at radius 1 is 1.40 bits per heavy atom. The van der Waals surface area contributed by atoms with E-state index in [2.05, 4.69) is 33.5 Å². The highest BCUT2D eigenvalue weighted by atomic mass is 79.9. The summed E-state index contributed by atoms with van der Waals surface area (Å²) in [4.78, 5) is 11.8. The molecule has 4 nitrogen and oxygen atoms in total. The minimum Gasteiger partial charge on any atom is -0.479 e. The van der Waals surface area contributed by atoms with Crippen LogP contribution >= 0.6 is 15.9 Å². The van der Waals surface area contributed by atoms with Crippen LogP contribution in [0.3, 0.4) is 0 Å². The number of hydrogen-bond donors (Lipinski definition) is 2. The Kier molecular flexibility index (Phi) is 7.62. The van der Waals surface area contributed by atoms with Gasteiger partial charge in [-0.3, -0.25) is 4.79 Å². The number of benzene rings is 1. The Balaban J connectivity index is 2.78. The second-order valence-electron chi connectivity index (χ2n) is 4.56. The lowest BCUT2D eigenvalue weighted by Crippen LogP contribution is -2.36. The van der Waals surface area contributed by atoms with Gasteiger partial charge in [0.1, 0.15) is 5.75 Å². The fourth-order valence-corrected chi connectivity index (χ4v) is 2.27. The van der Waals surface area contributed by atoms with Crippen LogP contribution in [0.2, 0.25) is 0 Å². The van der Waals surface area contributed by atoms with Crippen LogP contribution in [-0.4, -0.2) is 25.1 Å². The molecular formula is C15H23BrN2O2. The molecule has 2 N–H and O–H groups in total. The lowest BCUT2D eigenvalue weighted by molar-refractivity contribution is -0.127. The van der Waals surface area contributed by atoms with Crippen LogP contribution in [0.25, 0.3) is 0 Å². The molecule has 0 fully saturated rings. The van der Waals surface area contributed by atoms with Gasteiger partial charge in [0.25, 0.3) is 5.91 Å². The second-order valence-corrected chi connectivity index (χ2v) is 5.41. The Hall–Kier alpha value is -1.07. The molecule has 0 aliphatic rings. The van der Waals surface area contributed by atoms with Crippen molar-refractivity contribution in [1.82, 2.24) is 10.6 Å². The first-order valence-corrected chi connectivity index (χ1v) is 7.81. The number of nitrogens with one attached hydrogen (secondary N) is 2. The summed E-state index contributed by atoms with van der Waals surface area (Å²) in [5, 5.41) is 6.11. The van der Waals surface area contributed by atoms with E-state index in [9.17, 15) is 4.79 Å². The SMILES string of the molecule is CCCNCc1cccc(Br)c1OC(C)C(=O)NCC. The number of halogens is 1. The van der Waals surface area contributed by atoms with E-state index in [1.54, 1.807) is 6.92 Å². The first-order valence-electron chi connectivity index (χ1n) is 7.02. The minimum absolute atomic E-state index is 0.101. The number of rotatable bonds is 8. The molecule has 0 spiro atoms. The fraction of sp³-hybridized carbons (Fsp3) is 0.533. The zero-order valence-corrected chi connectivity index (χ0v) is 13.9. The zero-order valence-electron chi connectivity index (χ0n) is 12.3. The lowest BCUT2D eigenvalue weighted by Gasteiger charge is -2.18. The number of likely N-dealkylation sites (N-methyl/N-ethyl adjacent to an activating group) is 1. The number of para-hydroxylation sites is 1. The third kappa shape index (κ3) is 5.13. The van der Waals surface area contributed by atoms with Gasteiger partial charge in [0.15, 0.2) is 6.10 Å². The normalized spacial score (nSPS) is 12.0. The Morgan fingerprint density at radius 3 is 2.80 bits per heavy atom. The molecule has 0 aromatic heterocycles. The highest BCUT2D eigenvalue weighted by molar-refractivity contribution is 9.10. The Bertz CT molecular complexity index is 438. The largest absolute Gasteiger partial charge is 0.479 e. The van der Waals surface area contributed by atoms with E-state index >= 15 is 0 Å². The van der Waals surface area contributed by atoms with Gasteiger partial charge in [0.2, 0.25) is 0 Å². The Labute approximate surface area is 129 Å². The van der Waals surface area contributed by atoms with Crippen LogP contribution in [0.4, 0.5) is 0 Å². The number of ether oxygens (including phenoxy) is 1. The van der Waals surface area contributed by atoms with E-state index in [1.807, 2.05) is 25.1 Å². The van der Waals surface area contributed by atoms with Gasteiger partial charge in [-0.05, 0) is 48.8 Å². The van der Waals surface area contributed by atoms with E-state index in [1.165, 1.54) is 0 Å². The fourth-order valence-electron chi connectivity index (χ4n) is 1.77. The number of carbonyl (C=O) groups is 1. The van der Waals surface area contributed by atoms with E-state index in [4.69, 9.17) is 4.74 Å². The molecule has 1 unspecified atom stereocenters. The van der Waals surface area contributed by atoms with E-state index < -0.39 is 6.10 Å². The van der Waals surface area contributed by atoms with E-state index in [-0.39, 0.29) is 5.91 Å². The molecule has 1 atom stereocenters. The second kappa shape index (κ2) is 8.97. The smallest absolute Gasteiger partial charge is 0.260 e. The van der Waals surface area contributed by atoms with Gasteiger partial charge in [0, 0.05) is 18.7 Å². The van der Waals surface area contributed by atoms with Crippen molar-refractivity contribution in [3.8, 4) is 5.75 Å². The maximum absolute atomic E-state index is 11.8. The number of carbonyl (C=O) groups excluding carboxylic acids is 1. The summed E-state index contributed by atoms with van der Waals surface area (Å²) in [6, 6.07) is 5.90. The summed E-state index contributed by atoms with van der Waals surface area (Å²) in [5.74, 6) is 0.630. The molecule has 0 heterocycles. The van der Waals surface area contributed by atoms with Crippen LogP contribution in [-0.2, 0) is 11.3 Å². The molecule has 1 aromatic rings. The van der Waals surface area contributed by atoms with Crippen molar-refractivity contribution >= 4 is 21.8 Å². The summed E-state index contributed by atoms with van der Waals surface area (Å²) in [6.07, 6.45) is 0.568. The molecule has 1 rings (SSSR count). The molecule has 0 bridgehead atoms. The molecule has 1 amide bonds. The highest BCUT2D eigenvalue weighted by Crippen LogP contribution is 2.30. The molecule has 112 valence electrons. The van der Waals surface area contributed by atoms with Crippen LogP contribution < -0.4 is 15.4 Å². The summed E-state index contributed by atoms with van der Waals surface area (Å²) in [5.41, 5.74) is 1.05. The predicted molar refractivity (Wildman–Crippen MR) is 84.9 cm³/mol. The maximum Gasteiger partial charge on any atom is 0.260 e. The first kappa shape index (κ1) is 17.0. The van der Waals surface area contributed by atoms with Crippen molar-refractivity contribution in [2.24, 2.45) is 0 Å². The van der Waals surface area contributed by atoms with Crippen LogP contribution in [0.5, 0.6) is 5.75 Å². The summed E-state index contributed by atoms with van der Waals surface area (Å²) < 4.78 is 6.69. The van der Waals surface area contributed by atoms with Gasteiger partial charge < -0.3 is 15.4 Å². The molecule has 5 heteroatoms. The molecule has 0 saturated heterocycles. The summed E-state index contributed by atoms with van der Waals surface area (Å²) in [7, 11) is 0. The Morgan fingerprint density at radius 2 is 2.15 bits per heavy atom. The molecule has 0 aliphatic heterocycles. The molecule has 0 radical (unpaired) electrons. The predicted octanol–water partition coefficient (Wildman–Crippen LogP) is 2.85. The van der Waals surface area contributed by atoms with E-state index in [0.29, 0.717) is 6.54 Å². The van der Waals surface area contributed by atoms with Gasteiger partial charge >= 0.3 is 0 Å². The maximum atomic E-state index is 11.8. The molecule has 20 heavy (non-hydrogen) atoms. The van der Waals surface area contributed by atoms with Gasteiger partial charge in [0.05, 0.1) is 4.47 Å². The minimum atomic E-state index is -0.515. The van der Waals surface area contributed by atoms with Crippen molar-refractivity contribution in [2.75, 3.05) is 13.1 Å². The summed E-state index contributed by atoms with van der Waals surface area (Å²) >= 11 is 3.49. The molecule has 1 aromatic carbocycles. The molecule has 0 saturated carbocycles. The topological polar surface area (TPSA) is 50.4 Å². The monoisotopic (exact) mass is 342 g/mol. The van der Waals surface area contributed by atoms with Crippen LogP contribution in [0.1, 0.15) is 32.8 Å². The van der Waals surface area contributed by atoms with Crippen molar-refractivity contribution in [1.29, 1.82) is 0 Å². The molecular weight excluding hydrogens is 320 g/mol. The standard InChI is InChI=1S/C15H23BrN2O2/c1-4-9-17-10-12-7-6-8-13(16)14(12)20-11(3)15(19)18-5-2/h6-8,11,17H,4-5,9-10H2,1-3H3,(H,18,19). The van der Waals surface area contributed by atoms with Gasteiger partial charge in [-0.15, -0.1) is 0 Å². The van der Waals surface area contributed by atoms with Gasteiger partial charge in [-0.2, -0.15) is 0 Å². The van der Waals surface area contributed by atoms with Crippen molar-refractivity contribution in [3.63, 3.8) is 0 Å². The van der Waals surface area contributed by atoms with Crippen LogP contribution in [0, 0.1) is 0 Å². The average Bonchev–Trinajstić information content (AvgIpc) is 2.42. The zero-order chi connectivity index (χ0) is 15.0. The van der Waals surface area contributed by atoms with Crippen molar-refractivity contribution in [3.05, 3.63) is 28.2 Å². The van der Waals surface area contributed by atoms with Crippen molar-refractivity contribution < 1.29 is 9.53 Å². The van der Waals surface area contributed by atoms with E-state index in [0.717, 1.165) is 35.3 Å². The van der Waals surface area contributed by atoms with Crippen molar-refractivity contribution in [2.45, 2.75) is 39.8 Å². The van der Waals surface area contributed by atoms with Gasteiger partial charge in [-0.25, -0.2) is 0 Å². The molecule has 0 aliphatic carbocycles. The lowest BCUT2D eigenvalue weighted by atomic mass is 10.2. The number of amides is 1. The number of hydrogen-bond acceptors (Lipinski definition) is 3. The third-order valence-corrected chi connectivity index (χ3v) is 3.43. The summed E-state index contributed by atoms with van der Waals surface area (Å²) in [6.45, 7) is 8.06. The van der Waals surface area contributed by atoms with Crippen LogP contribution in [0.15, 0.2) is 22.7 Å². The average molecular weight is 343 g/mol. The third-order valence-electron chi connectivity index (χ3n) is 2.81. The quantitative estimate of drug-likeness (QED) is 0.714.